The van der Waals surface area contributed by atoms with Crippen molar-refractivity contribution in [3.8, 4) is 5.75 Å². The molecule has 0 unspecified atom stereocenters. The summed E-state index contributed by atoms with van der Waals surface area (Å²) in [7, 11) is 0. The molecular formula is C27H23ClN2O3S2. The average Bonchev–Trinajstić information content (AvgIpc) is 3.13. The molecule has 1 aliphatic heterocycles. The first kappa shape index (κ1) is 25.0. The highest BCUT2D eigenvalue weighted by Gasteiger charge is 2.35. The SMILES string of the molecule is Cc1ccc(NC(=O)COc2ccc(/C=C3\SC(=S)N([C@@H](C)c4ccccc4)C3=O)cc2)cc1Cl. The number of benzene rings is 3. The fraction of sp³-hybridized carbons (Fsp3) is 0.148. The third kappa shape index (κ3) is 6.11. The summed E-state index contributed by atoms with van der Waals surface area (Å²) in [6, 6.07) is 22.2. The lowest BCUT2D eigenvalue weighted by Crippen LogP contribution is -2.30. The number of thiocarbonyl (C=S) groups is 1. The smallest absolute Gasteiger partial charge is 0.266 e. The van der Waals surface area contributed by atoms with Crippen LogP contribution in [-0.2, 0) is 9.59 Å². The number of carbonyl (C=O) groups is 2. The van der Waals surface area contributed by atoms with Crippen LogP contribution in [0.15, 0.2) is 77.7 Å². The number of rotatable bonds is 7. The summed E-state index contributed by atoms with van der Waals surface area (Å²) in [5, 5.41) is 3.35. The number of nitrogens with zero attached hydrogens (tertiary/aromatic N) is 1. The van der Waals surface area contributed by atoms with Gasteiger partial charge in [-0.3, -0.25) is 14.5 Å². The van der Waals surface area contributed by atoms with Crippen molar-refractivity contribution in [2.45, 2.75) is 19.9 Å². The molecule has 1 fully saturated rings. The van der Waals surface area contributed by atoms with Gasteiger partial charge in [-0.1, -0.05) is 84.1 Å². The molecule has 0 aromatic heterocycles. The normalized spacial score (nSPS) is 15.4. The molecule has 178 valence electrons. The van der Waals surface area contributed by atoms with Gasteiger partial charge in [0.1, 0.15) is 10.1 Å². The first-order valence-electron chi connectivity index (χ1n) is 10.9. The van der Waals surface area contributed by atoms with E-state index in [9.17, 15) is 9.59 Å². The van der Waals surface area contributed by atoms with E-state index in [1.54, 1.807) is 29.2 Å². The largest absolute Gasteiger partial charge is 0.484 e. The number of thioether (sulfide) groups is 1. The van der Waals surface area contributed by atoms with Crippen molar-refractivity contribution in [1.82, 2.24) is 4.90 Å². The van der Waals surface area contributed by atoms with Gasteiger partial charge in [0.2, 0.25) is 0 Å². The third-order valence-corrected chi connectivity index (χ3v) is 7.23. The molecule has 0 saturated carbocycles. The van der Waals surface area contributed by atoms with Crippen molar-refractivity contribution in [2.24, 2.45) is 0 Å². The molecule has 1 atom stereocenters. The van der Waals surface area contributed by atoms with Crippen LogP contribution in [0, 0.1) is 6.92 Å². The van der Waals surface area contributed by atoms with Gasteiger partial charge in [-0.05, 0) is 60.9 Å². The quantitative estimate of drug-likeness (QED) is 0.279. The van der Waals surface area contributed by atoms with E-state index < -0.39 is 0 Å². The summed E-state index contributed by atoms with van der Waals surface area (Å²) in [4.78, 5) is 27.5. The summed E-state index contributed by atoms with van der Waals surface area (Å²) in [5.74, 6) is 0.152. The summed E-state index contributed by atoms with van der Waals surface area (Å²) in [6.07, 6.45) is 1.81. The van der Waals surface area contributed by atoms with Gasteiger partial charge in [0.25, 0.3) is 11.8 Å². The Labute approximate surface area is 219 Å². The molecule has 0 aliphatic carbocycles. The number of aryl methyl sites for hydroxylation is 1. The molecule has 2 amide bonds. The second-order valence-corrected chi connectivity index (χ2v) is 10.1. The molecular weight excluding hydrogens is 500 g/mol. The van der Waals surface area contributed by atoms with Gasteiger partial charge in [0, 0.05) is 10.7 Å². The van der Waals surface area contributed by atoms with E-state index in [4.69, 9.17) is 28.6 Å². The van der Waals surface area contributed by atoms with Crippen molar-refractivity contribution in [2.75, 3.05) is 11.9 Å². The molecule has 1 N–H and O–H groups in total. The Balaban J connectivity index is 1.35. The molecule has 0 bridgehead atoms. The summed E-state index contributed by atoms with van der Waals surface area (Å²) >= 11 is 12.9. The third-order valence-electron chi connectivity index (χ3n) is 5.50. The maximum absolute atomic E-state index is 13.0. The highest BCUT2D eigenvalue weighted by atomic mass is 35.5. The number of ether oxygens (including phenoxy) is 1. The van der Waals surface area contributed by atoms with Gasteiger partial charge >= 0.3 is 0 Å². The minimum absolute atomic E-state index is 0.107. The summed E-state index contributed by atoms with van der Waals surface area (Å²) in [5.41, 5.74) is 3.42. The van der Waals surface area contributed by atoms with Crippen LogP contribution in [0.25, 0.3) is 6.08 Å². The zero-order valence-corrected chi connectivity index (χ0v) is 21.5. The van der Waals surface area contributed by atoms with Crippen molar-refractivity contribution >= 4 is 63.5 Å². The molecule has 1 saturated heterocycles. The van der Waals surface area contributed by atoms with E-state index in [0.29, 0.717) is 25.7 Å². The van der Waals surface area contributed by atoms with E-state index in [1.807, 2.05) is 68.5 Å². The van der Waals surface area contributed by atoms with Gasteiger partial charge in [-0.15, -0.1) is 0 Å². The van der Waals surface area contributed by atoms with Crippen LogP contribution in [0.4, 0.5) is 5.69 Å². The van der Waals surface area contributed by atoms with E-state index in [0.717, 1.165) is 16.7 Å². The molecule has 0 radical (unpaired) electrons. The minimum Gasteiger partial charge on any atom is -0.484 e. The summed E-state index contributed by atoms with van der Waals surface area (Å²) < 4.78 is 6.13. The van der Waals surface area contributed by atoms with Crippen LogP contribution >= 0.6 is 35.6 Å². The predicted octanol–water partition coefficient (Wildman–Crippen LogP) is 6.63. The monoisotopic (exact) mass is 522 g/mol. The van der Waals surface area contributed by atoms with Gasteiger partial charge in [0.05, 0.1) is 10.9 Å². The second kappa shape index (κ2) is 11.1. The van der Waals surface area contributed by atoms with E-state index in [-0.39, 0.29) is 24.5 Å². The summed E-state index contributed by atoms with van der Waals surface area (Å²) in [6.45, 7) is 3.73. The maximum atomic E-state index is 13.0. The van der Waals surface area contributed by atoms with Crippen LogP contribution in [0.1, 0.15) is 29.7 Å². The molecule has 3 aromatic rings. The first-order valence-corrected chi connectivity index (χ1v) is 12.5. The van der Waals surface area contributed by atoms with Gasteiger partial charge in [0.15, 0.2) is 6.61 Å². The van der Waals surface area contributed by atoms with Crippen molar-refractivity contribution in [3.63, 3.8) is 0 Å². The molecule has 1 aliphatic rings. The number of anilines is 1. The molecule has 5 nitrogen and oxygen atoms in total. The lowest BCUT2D eigenvalue weighted by molar-refractivity contribution is -0.123. The fourth-order valence-corrected chi connectivity index (χ4v) is 5.12. The van der Waals surface area contributed by atoms with Crippen LogP contribution in [0.3, 0.4) is 0 Å². The number of hydrogen-bond acceptors (Lipinski definition) is 5. The van der Waals surface area contributed by atoms with Crippen molar-refractivity contribution in [1.29, 1.82) is 0 Å². The van der Waals surface area contributed by atoms with Crippen molar-refractivity contribution < 1.29 is 14.3 Å². The van der Waals surface area contributed by atoms with Gasteiger partial charge in [-0.2, -0.15) is 0 Å². The number of amides is 2. The minimum atomic E-state index is -0.287. The Hall–Kier alpha value is -3.13. The predicted molar refractivity (Wildman–Crippen MR) is 147 cm³/mol. The molecule has 0 spiro atoms. The number of nitrogens with one attached hydrogen (secondary N) is 1. The second-order valence-electron chi connectivity index (χ2n) is 8.01. The Bertz CT molecular complexity index is 1290. The number of carbonyl (C=O) groups excluding carboxylic acids is 2. The lowest BCUT2D eigenvalue weighted by atomic mass is 10.1. The average molecular weight is 523 g/mol. The fourth-order valence-electron chi connectivity index (χ4n) is 3.52. The highest BCUT2D eigenvalue weighted by molar-refractivity contribution is 8.26. The van der Waals surface area contributed by atoms with E-state index >= 15 is 0 Å². The van der Waals surface area contributed by atoms with Crippen LogP contribution in [-0.4, -0.2) is 27.6 Å². The molecule has 3 aromatic carbocycles. The highest BCUT2D eigenvalue weighted by Crippen LogP contribution is 2.38. The van der Waals surface area contributed by atoms with Crippen molar-refractivity contribution in [3.05, 3.63) is 99.4 Å². The standard InChI is InChI=1S/C27H23ClN2O3S2/c1-17-8-11-21(15-23(17)28)29-25(31)16-33-22-12-9-19(10-13-22)14-24-26(32)30(27(34)35-24)18(2)20-6-4-3-5-7-20/h3-15,18H,16H2,1-2H3,(H,29,31)/b24-14-/t18-/m0/s1. The number of halogens is 1. The first-order chi connectivity index (χ1) is 16.8. The Morgan fingerprint density at radius 2 is 1.86 bits per heavy atom. The van der Waals surface area contributed by atoms with E-state index in [1.165, 1.54) is 11.8 Å². The van der Waals surface area contributed by atoms with Crippen LogP contribution < -0.4 is 10.1 Å². The van der Waals surface area contributed by atoms with E-state index in [2.05, 4.69) is 5.32 Å². The Kier molecular flexibility index (Phi) is 7.90. The lowest BCUT2D eigenvalue weighted by Gasteiger charge is -2.23. The maximum Gasteiger partial charge on any atom is 0.266 e. The zero-order valence-electron chi connectivity index (χ0n) is 19.2. The zero-order chi connectivity index (χ0) is 24.9. The molecule has 4 rings (SSSR count). The molecule has 8 heteroatoms. The molecule has 1 heterocycles. The van der Waals surface area contributed by atoms with Crippen LogP contribution in [0.5, 0.6) is 5.75 Å². The molecule has 35 heavy (non-hydrogen) atoms. The number of hydrogen-bond donors (Lipinski definition) is 1. The Morgan fingerprint density at radius 1 is 1.14 bits per heavy atom. The van der Waals surface area contributed by atoms with Gasteiger partial charge < -0.3 is 10.1 Å². The van der Waals surface area contributed by atoms with Crippen LogP contribution in [0.2, 0.25) is 5.02 Å². The van der Waals surface area contributed by atoms with Gasteiger partial charge in [-0.25, -0.2) is 0 Å². The Morgan fingerprint density at radius 3 is 2.54 bits per heavy atom. The topological polar surface area (TPSA) is 58.6 Å².